The van der Waals surface area contributed by atoms with Gasteiger partial charge in [-0.2, -0.15) is 0 Å². The van der Waals surface area contributed by atoms with Gasteiger partial charge in [0.15, 0.2) is 11.5 Å². The zero-order valence-electron chi connectivity index (χ0n) is 12.7. The first-order chi connectivity index (χ1) is 9.58. The van der Waals surface area contributed by atoms with Crippen molar-refractivity contribution < 1.29 is 14.2 Å². The second-order valence-corrected chi connectivity index (χ2v) is 5.08. The van der Waals surface area contributed by atoms with Crippen molar-refractivity contribution >= 4 is 11.6 Å². The van der Waals surface area contributed by atoms with E-state index in [4.69, 9.17) is 25.8 Å². The summed E-state index contributed by atoms with van der Waals surface area (Å²) in [6.07, 6.45) is 0.201. The number of nitrogens with one attached hydrogen (secondary N) is 1. The first-order valence-corrected chi connectivity index (χ1v) is 7.27. The molecule has 0 saturated carbocycles. The van der Waals surface area contributed by atoms with Crippen molar-refractivity contribution in [1.29, 1.82) is 0 Å². The number of benzene rings is 1. The van der Waals surface area contributed by atoms with Crippen LogP contribution in [-0.2, 0) is 11.3 Å². The number of methoxy groups -OCH3 is 1. The standard InChI is InChI=1S/C15H24ClNO3/c1-5-17-10-12-8-13(16)9-14(18-4)15(12)20-7-6-19-11(2)3/h8-9,11,17H,5-7,10H2,1-4H3. The highest BCUT2D eigenvalue weighted by Gasteiger charge is 2.12. The fourth-order valence-corrected chi connectivity index (χ4v) is 1.99. The Morgan fingerprint density at radius 3 is 2.60 bits per heavy atom. The van der Waals surface area contributed by atoms with Crippen molar-refractivity contribution in [2.24, 2.45) is 0 Å². The fourth-order valence-electron chi connectivity index (χ4n) is 1.76. The van der Waals surface area contributed by atoms with Gasteiger partial charge in [-0.15, -0.1) is 0 Å². The average molecular weight is 302 g/mol. The molecule has 114 valence electrons. The fraction of sp³-hybridized carbons (Fsp3) is 0.600. The quantitative estimate of drug-likeness (QED) is 0.711. The Kier molecular flexibility index (Phi) is 7.73. The van der Waals surface area contributed by atoms with Crippen LogP contribution in [0.25, 0.3) is 0 Å². The molecule has 0 aromatic heterocycles. The Bertz CT molecular complexity index is 410. The second-order valence-electron chi connectivity index (χ2n) is 4.64. The third kappa shape index (κ3) is 5.57. The maximum atomic E-state index is 6.09. The summed E-state index contributed by atoms with van der Waals surface area (Å²) in [6, 6.07) is 3.65. The molecular weight excluding hydrogens is 278 g/mol. The van der Waals surface area contributed by atoms with Gasteiger partial charge in [0, 0.05) is 23.2 Å². The molecular formula is C15H24ClNO3. The molecule has 20 heavy (non-hydrogen) atoms. The lowest BCUT2D eigenvalue weighted by Crippen LogP contribution is -2.15. The van der Waals surface area contributed by atoms with E-state index in [9.17, 15) is 0 Å². The van der Waals surface area contributed by atoms with Crippen molar-refractivity contribution in [2.45, 2.75) is 33.4 Å². The first-order valence-electron chi connectivity index (χ1n) is 6.90. The van der Waals surface area contributed by atoms with Gasteiger partial charge in [-0.05, 0) is 26.5 Å². The minimum absolute atomic E-state index is 0.201. The largest absolute Gasteiger partial charge is 0.493 e. The SMILES string of the molecule is CCNCc1cc(Cl)cc(OC)c1OCCOC(C)C. The molecule has 0 aliphatic carbocycles. The normalized spacial score (nSPS) is 10.9. The van der Waals surface area contributed by atoms with Crippen molar-refractivity contribution in [3.63, 3.8) is 0 Å². The molecule has 0 atom stereocenters. The Labute approximate surface area is 126 Å². The first kappa shape index (κ1) is 17.1. The van der Waals surface area contributed by atoms with E-state index >= 15 is 0 Å². The third-order valence-corrected chi connectivity index (χ3v) is 2.88. The van der Waals surface area contributed by atoms with Crippen LogP contribution in [0.15, 0.2) is 12.1 Å². The van der Waals surface area contributed by atoms with Crippen LogP contribution >= 0.6 is 11.6 Å². The van der Waals surface area contributed by atoms with Crippen LogP contribution in [0.5, 0.6) is 11.5 Å². The molecule has 0 unspecified atom stereocenters. The number of hydrogen-bond donors (Lipinski definition) is 1. The summed E-state index contributed by atoms with van der Waals surface area (Å²) in [4.78, 5) is 0. The molecule has 0 heterocycles. The predicted octanol–water partition coefficient (Wildman–Crippen LogP) is 3.26. The highest BCUT2D eigenvalue weighted by molar-refractivity contribution is 6.30. The van der Waals surface area contributed by atoms with Crippen molar-refractivity contribution in [3.8, 4) is 11.5 Å². The maximum absolute atomic E-state index is 6.09. The highest BCUT2D eigenvalue weighted by Crippen LogP contribution is 2.34. The lowest BCUT2D eigenvalue weighted by Gasteiger charge is -2.16. The lowest BCUT2D eigenvalue weighted by molar-refractivity contribution is 0.0544. The van der Waals surface area contributed by atoms with Crippen molar-refractivity contribution in [2.75, 3.05) is 26.9 Å². The molecule has 0 saturated heterocycles. The Morgan fingerprint density at radius 2 is 2.00 bits per heavy atom. The number of hydrogen-bond acceptors (Lipinski definition) is 4. The van der Waals surface area contributed by atoms with Gasteiger partial charge in [0.05, 0.1) is 19.8 Å². The van der Waals surface area contributed by atoms with Crippen LogP contribution in [-0.4, -0.2) is 33.0 Å². The minimum atomic E-state index is 0.201. The van der Waals surface area contributed by atoms with Crippen LogP contribution in [0, 0.1) is 0 Å². The van der Waals surface area contributed by atoms with Crippen molar-refractivity contribution in [1.82, 2.24) is 5.32 Å². The van der Waals surface area contributed by atoms with E-state index in [-0.39, 0.29) is 6.10 Å². The maximum Gasteiger partial charge on any atom is 0.165 e. The van der Waals surface area contributed by atoms with Crippen molar-refractivity contribution in [3.05, 3.63) is 22.7 Å². The van der Waals surface area contributed by atoms with E-state index in [1.54, 1.807) is 13.2 Å². The Morgan fingerprint density at radius 1 is 1.25 bits per heavy atom. The molecule has 1 N–H and O–H groups in total. The summed E-state index contributed by atoms with van der Waals surface area (Å²) in [5.41, 5.74) is 0.987. The summed E-state index contributed by atoms with van der Waals surface area (Å²) < 4.78 is 16.6. The van der Waals surface area contributed by atoms with Crippen LogP contribution in [0.4, 0.5) is 0 Å². The monoisotopic (exact) mass is 301 g/mol. The Balaban J connectivity index is 2.78. The van der Waals surface area contributed by atoms with Gasteiger partial charge in [0.25, 0.3) is 0 Å². The van der Waals surface area contributed by atoms with Crippen LogP contribution in [0.3, 0.4) is 0 Å². The number of ether oxygens (including phenoxy) is 3. The van der Waals surface area contributed by atoms with Gasteiger partial charge in [-0.3, -0.25) is 0 Å². The Hall–Kier alpha value is -0.970. The molecule has 0 aliphatic heterocycles. The summed E-state index contributed by atoms with van der Waals surface area (Å²) in [6.45, 7) is 8.65. The summed E-state index contributed by atoms with van der Waals surface area (Å²) in [5, 5.41) is 3.91. The zero-order valence-corrected chi connectivity index (χ0v) is 13.4. The molecule has 0 bridgehead atoms. The summed E-state index contributed by atoms with van der Waals surface area (Å²) in [7, 11) is 1.61. The topological polar surface area (TPSA) is 39.7 Å². The second kappa shape index (κ2) is 9.06. The molecule has 1 aromatic rings. The number of halogens is 1. The molecule has 0 radical (unpaired) electrons. The molecule has 1 aromatic carbocycles. The molecule has 0 aliphatic rings. The lowest BCUT2D eigenvalue weighted by atomic mass is 10.2. The van der Waals surface area contributed by atoms with E-state index in [2.05, 4.69) is 12.2 Å². The van der Waals surface area contributed by atoms with Crippen LogP contribution < -0.4 is 14.8 Å². The molecule has 0 fully saturated rings. The van der Waals surface area contributed by atoms with Gasteiger partial charge >= 0.3 is 0 Å². The highest BCUT2D eigenvalue weighted by atomic mass is 35.5. The van der Waals surface area contributed by atoms with Gasteiger partial charge in [-0.1, -0.05) is 18.5 Å². The van der Waals surface area contributed by atoms with E-state index in [0.29, 0.717) is 30.5 Å². The van der Waals surface area contributed by atoms with E-state index < -0.39 is 0 Å². The van der Waals surface area contributed by atoms with Gasteiger partial charge < -0.3 is 19.5 Å². The van der Waals surface area contributed by atoms with Gasteiger partial charge in [0.1, 0.15) is 6.61 Å². The predicted molar refractivity (Wildman–Crippen MR) is 82.0 cm³/mol. The van der Waals surface area contributed by atoms with Crippen LogP contribution in [0.1, 0.15) is 26.3 Å². The average Bonchev–Trinajstić information content (AvgIpc) is 2.41. The molecule has 0 spiro atoms. The molecule has 4 nitrogen and oxygen atoms in total. The molecule has 5 heteroatoms. The zero-order chi connectivity index (χ0) is 15.0. The minimum Gasteiger partial charge on any atom is -0.493 e. The number of rotatable bonds is 9. The van der Waals surface area contributed by atoms with E-state index in [1.807, 2.05) is 19.9 Å². The summed E-state index contributed by atoms with van der Waals surface area (Å²) >= 11 is 6.09. The molecule has 0 amide bonds. The molecule has 1 rings (SSSR count). The smallest absolute Gasteiger partial charge is 0.165 e. The third-order valence-electron chi connectivity index (χ3n) is 2.66. The van der Waals surface area contributed by atoms with E-state index in [1.165, 1.54) is 0 Å². The van der Waals surface area contributed by atoms with E-state index in [0.717, 1.165) is 17.9 Å². The van der Waals surface area contributed by atoms with Crippen LogP contribution in [0.2, 0.25) is 5.02 Å². The summed E-state index contributed by atoms with van der Waals surface area (Å²) in [5.74, 6) is 1.38. The van der Waals surface area contributed by atoms with Gasteiger partial charge in [-0.25, -0.2) is 0 Å². The van der Waals surface area contributed by atoms with Gasteiger partial charge in [0.2, 0.25) is 0 Å².